The molecule has 1 heterocycles. The molecule has 0 saturated heterocycles. The van der Waals surface area contributed by atoms with Gasteiger partial charge >= 0.3 is 5.97 Å². The largest absolute Gasteiger partial charge is 0.491 e. The van der Waals surface area contributed by atoms with E-state index in [-0.39, 0.29) is 16.4 Å². The number of carbonyl (C=O) groups is 1. The summed E-state index contributed by atoms with van der Waals surface area (Å²) in [5.74, 6) is -0.168. The fraction of sp³-hybridized carbons (Fsp3) is 0.500. The number of carboxylic acid groups (broad SMARTS) is 1. The number of unbranched alkanes of at least 4 members (excludes halogenated alkanes) is 2. The Morgan fingerprint density at radius 1 is 1.06 bits per heavy atom. The van der Waals surface area contributed by atoms with Crippen LogP contribution >= 0.6 is 0 Å². The van der Waals surface area contributed by atoms with Gasteiger partial charge in [-0.05, 0) is 71.6 Å². The van der Waals surface area contributed by atoms with E-state index in [2.05, 4.69) is 57.1 Å². The molecule has 3 aromatic rings. The smallest absolute Gasteiger partial charge is 0.335 e. The maximum atomic E-state index is 11.4. The van der Waals surface area contributed by atoms with Crippen LogP contribution in [0.15, 0.2) is 30.3 Å². The first-order valence-electron chi connectivity index (χ1n) is 11.5. The molecule has 4 rings (SSSR count). The van der Waals surface area contributed by atoms with Crippen molar-refractivity contribution in [3.63, 3.8) is 0 Å². The minimum absolute atomic E-state index is 0.0488. The summed E-state index contributed by atoms with van der Waals surface area (Å²) in [6.45, 7) is 12.0. The molecule has 0 bridgehead atoms. The van der Waals surface area contributed by atoms with Gasteiger partial charge in [0.1, 0.15) is 17.0 Å². The predicted molar refractivity (Wildman–Crippen MR) is 126 cm³/mol. The van der Waals surface area contributed by atoms with Crippen molar-refractivity contribution in [2.75, 3.05) is 6.61 Å². The summed E-state index contributed by atoms with van der Waals surface area (Å²) < 4.78 is 8.10. The van der Waals surface area contributed by atoms with E-state index >= 15 is 0 Å². The molecule has 170 valence electrons. The minimum Gasteiger partial charge on any atom is -0.491 e. The molecule has 1 aliphatic rings. The Labute approximate surface area is 189 Å². The summed E-state index contributed by atoms with van der Waals surface area (Å²) >= 11 is 0. The SMILES string of the molecule is CCCCCOc1cc2c(cc1-n1nnc3cc(C(=O)O)ccc31)C(C)(C)CCC2(C)C. The summed E-state index contributed by atoms with van der Waals surface area (Å²) in [7, 11) is 0. The zero-order valence-electron chi connectivity index (χ0n) is 19.7. The maximum absolute atomic E-state index is 11.4. The first kappa shape index (κ1) is 22.3. The summed E-state index contributed by atoms with van der Waals surface area (Å²) in [6.07, 6.45) is 5.52. The summed E-state index contributed by atoms with van der Waals surface area (Å²) in [5, 5.41) is 18.0. The molecular formula is C26H33N3O3. The summed E-state index contributed by atoms with van der Waals surface area (Å²) in [5.41, 5.74) is 5.15. The molecule has 0 amide bonds. The number of hydrogen-bond acceptors (Lipinski definition) is 4. The third-order valence-corrected chi connectivity index (χ3v) is 6.86. The molecule has 0 aliphatic heterocycles. The van der Waals surface area contributed by atoms with Crippen molar-refractivity contribution in [2.45, 2.75) is 77.6 Å². The highest BCUT2D eigenvalue weighted by Crippen LogP contribution is 2.48. The topological polar surface area (TPSA) is 77.2 Å². The molecule has 1 aliphatic carbocycles. The van der Waals surface area contributed by atoms with Crippen LogP contribution in [-0.2, 0) is 10.8 Å². The predicted octanol–water partition coefficient (Wildman–Crippen LogP) is 6.04. The molecule has 32 heavy (non-hydrogen) atoms. The summed E-state index contributed by atoms with van der Waals surface area (Å²) in [4.78, 5) is 11.4. The van der Waals surface area contributed by atoms with Gasteiger partial charge in [-0.2, -0.15) is 0 Å². The lowest BCUT2D eigenvalue weighted by Gasteiger charge is -2.42. The van der Waals surface area contributed by atoms with Gasteiger partial charge in [-0.25, -0.2) is 9.48 Å². The third-order valence-electron chi connectivity index (χ3n) is 6.86. The van der Waals surface area contributed by atoms with Crippen molar-refractivity contribution in [1.29, 1.82) is 0 Å². The van der Waals surface area contributed by atoms with Gasteiger partial charge < -0.3 is 9.84 Å². The number of rotatable bonds is 7. The van der Waals surface area contributed by atoms with Crippen molar-refractivity contribution in [3.05, 3.63) is 47.0 Å². The molecule has 6 nitrogen and oxygen atoms in total. The van der Waals surface area contributed by atoms with Gasteiger partial charge in [-0.1, -0.05) is 52.7 Å². The van der Waals surface area contributed by atoms with Crippen molar-refractivity contribution < 1.29 is 14.6 Å². The second-order valence-corrected chi connectivity index (χ2v) is 10.2. The first-order chi connectivity index (χ1) is 15.1. The van der Waals surface area contributed by atoms with Gasteiger partial charge in [0.15, 0.2) is 0 Å². The van der Waals surface area contributed by atoms with Crippen LogP contribution in [0.2, 0.25) is 0 Å². The molecule has 0 unspecified atom stereocenters. The van der Waals surface area contributed by atoms with Gasteiger partial charge in [-0.3, -0.25) is 0 Å². The monoisotopic (exact) mass is 435 g/mol. The molecule has 0 spiro atoms. The number of ether oxygens (including phenoxy) is 1. The van der Waals surface area contributed by atoms with Gasteiger partial charge in [0.05, 0.1) is 17.7 Å². The van der Waals surface area contributed by atoms with Crippen LogP contribution in [0.1, 0.15) is 88.2 Å². The van der Waals surface area contributed by atoms with E-state index < -0.39 is 5.97 Å². The second kappa shape index (κ2) is 8.23. The number of nitrogens with zero attached hydrogens (tertiary/aromatic N) is 3. The lowest BCUT2D eigenvalue weighted by molar-refractivity contribution is 0.0697. The standard InChI is InChI=1S/C26H33N3O3/c1-6-7-8-13-32-23-16-19-18(25(2,3)11-12-26(19,4)5)15-22(23)29-21-10-9-17(24(30)31)14-20(21)27-28-29/h9-10,14-16H,6-8,11-13H2,1-5H3,(H,30,31). The van der Waals surface area contributed by atoms with Crippen LogP contribution in [0.4, 0.5) is 0 Å². The van der Waals surface area contributed by atoms with E-state index in [0.717, 1.165) is 49.1 Å². The Balaban J connectivity index is 1.88. The number of aromatic carboxylic acids is 1. The fourth-order valence-corrected chi connectivity index (χ4v) is 4.63. The maximum Gasteiger partial charge on any atom is 0.335 e. The summed E-state index contributed by atoms with van der Waals surface area (Å²) in [6, 6.07) is 9.35. The third kappa shape index (κ3) is 3.98. The molecule has 0 atom stereocenters. The van der Waals surface area contributed by atoms with Crippen LogP contribution in [0.3, 0.4) is 0 Å². The molecule has 0 saturated carbocycles. The number of benzene rings is 2. The molecule has 0 fully saturated rings. The van der Waals surface area contributed by atoms with E-state index in [1.165, 1.54) is 11.1 Å². The van der Waals surface area contributed by atoms with Crippen molar-refractivity contribution in [1.82, 2.24) is 15.0 Å². The number of fused-ring (bicyclic) bond motifs is 2. The molecule has 0 radical (unpaired) electrons. The van der Waals surface area contributed by atoms with E-state index in [9.17, 15) is 9.90 Å². The highest BCUT2D eigenvalue weighted by molar-refractivity contribution is 5.92. The second-order valence-electron chi connectivity index (χ2n) is 10.2. The van der Waals surface area contributed by atoms with E-state index in [1.807, 2.05) is 0 Å². The molecule has 6 heteroatoms. The van der Waals surface area contributed by atoms with Crippen molar-refractivity contribution in [2.24, 2.45) is 0 Å². The van der Waals surface area contributed by atoms with Crippen LogP contribution in [0.5, 0.6) is 5.75 Å². The van der Waals surface area contributed by atoms with Crippen LogP contribution < -0.4 is 4.74 Å². The van der Waals surface area contributed by atoms with Gasteiger partial charge in [0, 0.05) is 0 Å². The zero-order valence-corrected chi connectivity index (χ0v) is 19.7. The van der Waals surface area contributed by atoms with Crippen molar-refractivity contribution in [3.8, 4) is 11.4 Å². The van der Waals surface area contributed by atoms with Gasteiger partial charge in [0.2, 0.25) is 0 Å². The van der Waals surface area contributed by atoms with Crippen LogP contribution in [0.25, 0.3) is 16.7 Å². The Bertz CT molecular complexity index is 1160. The highest BCUT2D eigenvalue weighted by Gasteiger charge is 2.38. The molecular weight excluding hydrogens is 402 g/mol. The van der Waals surface area contributed by atoms with Gasteiger partial charge in [-0.15, -0.1) is 5.10 Å². The normalized spacial score (nSPS) is 16.7. The fourth-order valence-electron chi connectivity index (χ4n) is 4.63. The Hall–Kier alpha value is -2.89. The van der Waals surface area contributed by atoms with E-state index in [0.29, 0.717) is 12.1 Å². The van der Waals surface area contributed by atoms with Crippen LogP contribution in [0, 0.1) is 0 Å². The van der Waals surface area contributed by atoms with E-state index in [4.69, 9.17) is 4.74 Å². The average Bonchev–Trinajstić information content (AvgIpc) is 3.17. The quantitative estimate of drug-likeness (QED) is 0.458. The molecule has 1 N–H and O–H groups in total. The number of aromatic nitrogens is 3. The zero-order chi connectivity index (χ0) is 23.1. The lowest BCUT2D eigenvalue weighted by atomic mass is 9.63. The Morgan fingerprint density at radius 3 is 2.41 bits per heavy atom. The van der Waals surface area contributed by atoms with E-state index in [1.54, 1.807) is 22.9 Å². The van der Waals surface area contributed by atoms with Gasteiger partial charge in [0.25, 0.3) is 0 Å². The highest BCUT2D eigenvalue weighted by atomic mass is 16.5. The average molecular weight is 436 g/mol. The molecule has 1 aromatic heterocycles. The Morgan fingerprint density at radius 2 is 1.75 bits per heavy atom. The first-order valence-corrected chi connectivity index (χ1v) is 11.5. The van der Waals surface area contributed by atoms with Crippen LogP contribution in [-0.4, -0.2) is 32.7 Å². The minimum atomic E-state index is -0.973. The number of carboxylic acids is 1. The lowest BCUT2D eigenvalue weighted by Crippen LogP contribution is -2.34. The Kier molecular flexibility index (Phi) is 5.74. The number of hydrogen-bond donors (Lipinski definition) is 1. The van der Waals surface area contributed by atoms with Crippen molar-refractivity contribution >= 4 is 17.0 Å². The molecule has 2 aromatic carbocycles.